The summed E-state index contributed by atoms with van der Waals surface area (Å²) < 4.78 is 3.33. The molecular formula is C46H28BrClN2. The molecule has 0 radical (unpaired) electrons. The largest absolute Gasteiger partial charge is 0.354 e. The van der Waals surface area contributed by atoms with Crippen LogP contribution in [0.5, 0.6) is 0 Å². The second-order valence-corrected chi connectivity index (χ2v) is 14.1. The predicted molar refractivity (Wildman–Crippen MR) is 216 cm³/mol. The van der Waals surface area contributed by atoms with Gasteiger partial charge >= 0.3 is 0 Å². The highest BCUT2D eigenvalue weighted by molar-refractivity contribution is 9.10. The Bertz CT molecular complexity index is 2680. The molecule has 0 aliphatic heterocycles. The Balaban J connectivity index is 1.10. The van der Waals surface area contributed by atoms with Gasteiger partial charge in [0.05, 0.1) is 21.7 Å². The van der Waals surface area contributed by atoms with Crippen LogP contribution in [0.25, 0.3) is 82.8 Å². The summed E-state index contributed by atoms with van der Waals surface area (Å²) in [5.74, 6) is 0. The first kappa shape index (κ1) is 29.3. The summed E-state index contributed by atoms with van der Waals surface area (Å²) in [4.78, 5) is 0. The standard InChI is InChI=1S/C46H28BrClN2/c47-39-22-20-33-37-26-35(28-11-3-1-4-12-28)36(29-13-5-2-6-14-29)27-38(37)34-21-24-42(46(39)45(33)34)49-41-23-19-30(25-40(41)48)50-43-17-9-7-15-31(43)32-16-8-10-18-44(32)50/h1-27,49H. The number of para-hydroxylation sites is 2. The van der Waals surface area contributed by atoms with Gasteiger partial charge in [0.15, 0.2) is 0 Å². The Labute approximate surface area is 303 Å². The fourth-order valence-electron chi connectivity index (χ4n) is 7.86. The minimum absolute atomic E-state index is 0.659. The average molecular weight is 724 g/mol. The number of fused-ring (bicyclic) bond motifs is 6. The van der Waals surface area contributed by atoms with Gasteiger partial charge in [0.1, 0.15) is 0 Å². The van der Waals surface area contributed by atoms with Gasteiger partial charge in [0.25, 0.3) is 0 Å². The maximum Gasteiger partial charge on any atom is 0.0661 e. The van der Waals surface area contributed by atoms with E-state index in [2.05, 4.69) is 190 Å². The van der Waals surface area contributed by atoms with Gasteiger partial charge in [-0.1, -0.05) is 137 Å². The topological polar surface area (TPSA) is 17.0 Å². The minimum Gasteiger partial charge on any atom is -0.354 e. The molecule has 1 aliphatic rings. The van der Waals surface area contributed by atoms with Crippen LogP contribution in [0, 0.1) is 0 Å². The Kier molecular flexibility index (Phi) is 6.74. The lowest BCUT2D eigenvalue weighted by molar-refractivity contribution is 1.18. The molecule has 236 valence electrons. The molecule has 0 amide bonds. The Hall–Kier alpha value is -5.61. The smallest absolute Gasteiger partial charge is 0.0661 e. The maximum atomic E-state index is 7.10. The van der Waals surface area contributed by atoms with Crippen molar-refractivity contribution in [2.45, 2.75) is 0 Å². The molecule has 0 bridgehead atoms. The molecule has 2 nitrogen and oxygen atoms in total. The van der Waals surface area contributed by atoms with Gasteiger partial charge in [-0.05, 0) is 99.1 Å². The van der Waals surface area contributed by atoms with Gasteiger partial charge < -0.3 is 9.88 Å². The van der Waals surface area contributed by atoms with Crippen molar-refractivity contribution in [1.82, 2.24) is 4.57 Å². The third-order valence-corrected chi connectivity index (χ3v) is 11.1. The van der Waals surface area contributed by atoms with Crippen LogP contribution >= 0.6 is 27.5 Å². The number of aromatic nitrogens is 1. The SMILES string of the molecule is Clc1cc(-n2c3ccccc3c3ccccc32)ccc1Nc1ccc2c3c(ccc(Br)c13)-c1cc(-c3ccccc3)c(-c3ccccc3)cc1-2. The van der Waals surface area contributed by atoms with Crippen molar-refractivity contribution in [2.75, 3.05) is 5.32 Å². The number of halogens is 2. The van der Waals surface area contributed by atoms with Gasteiger partial charge in [-0.3, -0.25) is 0 Å². The molecule has 0 spiro atoms. The molecule has 0 fully saturated rings. The van der Waals surface area contributed by atoms with Gasteiger partial charge in [0, 0.05) is 37.4 Å². The third-order valence-electron chi connectivity index (χ3n) is 10.1. The van der Waals surface area contributed by atoms with E-state index >= 15 is 0 Å². The lowest BCUT2D eigenvalue weighted by Gasteiger charge is -2.16. The van der Waals surface area contributed by atoms with Crippen LogP contribution < -0.4 is 5.32 Å². The molecule has 10 rings (SSSR count). The van der Waals surface area contributed by atoms with Gasteiger partial charge in [-0.15, -0.1) is 0 Å². The van der Waals surface area contributed by atoms with E-state index in [0.29, 0.717) is 5.02 Å². The molecule has 0 unspecified atom stereocenters. The molecule has 1 aliphatic carbocycles. The Morgan fingerprint density at radius 2 is 0.960 bits per heavy atom. The Morgan fingerprint density at radius 3 is 1.54 bits per heavy atom. The lowest BCUT2D eigenvalue weighted by Crippen LogP contribution is -1.97. The lowest BCUT2D eigenvalue weighted by atomic mass is 9.89. The first-order valence-electron chi connectivity index (χ1n) is 16.7. The summed E-state index contributed by atoms with van der Waals surface area (Å²) in [5.41, 5.74) is 15.1. The van der Waals surface area contributed by atoms with Gasteiger partial charge in [-0.2, -0.15) is 0 Å². The van der Waals surface area contributed by atoms with Crippen LogP contribution in [0.4, 0.5) is 11.4 Å². The monoisotopic (exact) mass is 722 g/mol. The predicted octanol–water partition coefficient (Wildman–Crippen LogP) is 14.1. The zero-order valence-corrected chi connectivity index (χ0v) is 29.1. The van der Waals surface area contributed by atoms with Gasteiger partial charge in [0.2, 0.25) is 0 Å². The highest BCUT2D eigenvalue weighted by Crippen LogP contribution is 2.53. The molecule has 0 atom stereocenters. The first-order chi connectivity index (χ1) is 24.6. The van der Waals surface area contributed by atoms with Crippen molar-refractivity contribution >= 4 is 71.5 Å². The second kappa shape index (κ2) is 11.5. The molecule has 1 aromatic heterocycles. The van der Waals surface area contributed by atoms with Crippen molar-refractivity contribution in [1.29, 1.82) is 0 Å². The van der Waals surface area contributed by atoms with Crippen LogP contribution in [0.1, 0.15) is 0 Å². The number of benzene rings is 8. The molecule has 9 aromatic rings. The van der Waals surface area contributed by atoms with Crippen LogP contribution in [-0.2, 0) is 0 Å². The highest BCUT2D eigenvalue weighted by atomic mass is 79.9. The number of hydrogen-bond acceptors (Lipinski definition) is 1. The molecule has 0 saturated heterocycles. The van der Waals surface area contributed by atoms with E-state index < -0.39 is 0 Å². The van der Waals surface area contributed by atoms with Crippen molar-refractivity contribution < 1.29 is 0 Å². The van der Waals surface area contributed by atoms with Crippen LogP contribution in [0.2, 0.25) is 5.02 Å². The van der Waals surface area contributed by atoms with E-state index in [1.54, 1.807) is 0 Å². The summed E-state index contributed by atoms with van der Waals surface area (Å²) in [7, 11) is 0. The summed E-state index contributed by atoms with van der Waals surface area (Å²) >= 11 is 11.0. The number of rotatable bonds is 5. The maximum absolute atomic E-state index is 7.10. The van der Waals surface area contributed by atoms with E-state index in [-0.39, 0.29) is 0 Å². The van der Waals surface area contributed by atoms with Crippen LogP contribution in [-0.4, -0.2) is 4.57 Å². The van der Waals surface area contributed by atoms with Gasteiger partial charge in [-0.25, -0.2) is 0 Å². The summed E-state index contributed by atoms with van der Waals surface area (Å²) in [6, 6.07) is 58.4. The summed E-state index contributed by atoms with van der Waals surface area (Å²) in [5, 5.41) is 9.21. The van der Waals surface area contributed by atoms with Crippen LogP contribution in [0.15, 0.2) is 168 Å². The first-order valence-corrected chi connectivity index (χ1v) is 17.9. The molecule has 50 heavy (non-hydrogen) atoms. The highest BCUT2D eigenvalue weighted by Gasteiger charge is 2.26. The quantitative estimate of drug-likeness (QED) is 0.187. The average Bonchev–Trinajstić information content (AvgIpc) is 3.67. The minimum atomic E-state index is 0.659. The second-order valence-electron chi connectivity index (χ2n) is 12.8. The molecule has 4 heteroatoms. The molecule has 1 N–H and O–H groups in total. The van der Waals surface area contributed by atoms with E-state index in [1.807, 2.05) is 0 Å². The number of anilines is 2. The van der Waals surface area contributed by atoms with Crippen molar-refractivity contribution in [3.63, 3.8) is 0 Å². The fourth-order valence-corrected chi connectivity index (χ4v) is 8.62. The van der Waals surface area contributed by atoms with E-state index in [9.17, 15) is 0 Å². The zero-order chi connectivity index (χ0) is 33.3. The Morgan fingerprint density at radius 1 is 0.440 bits per heavy atom. The van der Waals surface area contributed by atoms with E-state index in [1.165, 1.54) is 60.7 Å². The van der Waals surface area contributed by atoms with E-state index in [0.717, 1.165) is 38.0 Å². The molecular weight excluding hydrogens is 696 g/mol. The third kappa shape index (κ3) is 4.47. The summed E-state index contributed by atoms with van der Waals surface area (Å²) in [6.07, 6.45) is 0. The van der Waals surface area contributed by atoms with Crippen molar-refractivity contribution in [2.24, 2.45) is 0 Å². The van der Waals surface area contributed by atoms with Crippen molar-refractivity contribution in [3.8, 4) is 50.2 Å². The number of hydrogen-bond donors (Lipinski definition) is 1. The fraction of sp³-hybridized carbons (Fsp3) is 0. The molecule has 1 heterocycles. The van der Waals surface area contributed by atoms with E-state index in [4.69, 9.17) is 11.6 Å². The zero-order valence-electron chi connectivity index (χ0n) is 26.8. The van der Waals surface area contributed by atoms with Crippen molar-refractivity contribution in [3.05, 3.63) is 173 Å². The molecule has 0 saturated carbocycles. The molecule has 8 aromatic carbocycles. The normalized spacial score (nSPS) is 11.8. The van der Waals surface area contributed by atoms with Crippen LogP contribution in [0.3, 0.4) is 0 Å². The summed E-state index contributed by atoms with van der Waals surface area (Å²) in [6.45, 7) is 0. The number of nitrogens with one attached hydrogen (secondary N) is 1. The number of nitrogens with zero attached hydrogens (tertiary/aromatic N) is 1.